The van der Waals surface area contributed by atoms with Crippen molar-refractivity contribution in [2.75, 3.05) is 7.11 Å². The first-order chi connectivity index (χ1) is 6.88. The van der Waals surface area contributed by atoms with Crippen LogP contribution in [-0.4, -0.2) is 12.3 Å². The number of methoxy groups -OCH3 is 1. The molecule has 0 amide bonds. The third kappa shape index (κ3) is 1.93. The van der Waals surface area contributed by atoms with Gasteiger partial charge in [0.15, 0.2) is 0 Å². The number of benzene rings is 1. The SMILES string of the molecule is COc1ccc(Cc2ccon2)cc1. The number of hydrogen-bond donors (Lipinski definition) is 0. The van der Waals surface area contributed by atoms with E-state index in [-0.39, 0.29) is 0 Å². The molecule has 1 aromatic carbocycles. The summed E-state index contributed by atoms with van der Waals surface area (Å²) < 4.78 is 9.83. The van der Waals surface area contributed by atoms with Gasteiger partial charge >= 0.3 is 0 Å². The molecular formula is C11H11NO2. The smallest absolute Gasteiger partial charge is 0.124 e. The molecule has 0 saturated heterocycles. The largest absolute Gasteiger partial charge is 0.497 e. The van der Waals surface area contributed by atoms with Crippen LogP contribution < -0.4 is 4.74 Å². The molecule has 3 heteroatoms. The van der Waals surface area contributed by atoms with Crippen molar-refractivity contribution in [3.63, 3.8) is 0 Å². The van der Waals surface area contributed by atoms with Gasteiger partial charge in [0.1, 0.15) is 12.0 Å². The van der Waals surface area contributed by atoms with Crippen LogP contribution in [0, 0.1) is 0 Å². The predicted molar refractivity (Wildman–Crippen MR) is 52.3 cm³/mol. The standard InChI is InChI=1S/C11H11NO2/c1-13-11-4-2-9(3-5-11)8-10-6-7-14-12-10/h2-7H,8H2,1H3. The van der Waals surface area contributed by atoms with Crippen LogP contribution >= 0.6 is 0 Å². The Morgan fingerprint density at radius 1 is 1.21 bits per heavy atom. The highest BCUT2D eigenvalue weighted by Gasteiger charge is 1.99. The van der Waals surface area contributed by atoms with Crippen molar-refractivity contribution < 1.29 is 9.26 Å². The third-order valence-electron chi connectivity index (χ3n) is 2.04. The highest BCUT2D eigenvalue weighted by Crippen LogP contribution is 2.13. The van der Waals surface area contributed by atoms with E-state index in [0.29, 0.717) is 0 Å². The zero-order valence-corrected chi connectivity index (χ0v) is 7.93. The topological polar surface area (TPSA) is 35.3 Å². The minimum absolute atomic E-state index is 0.792. The predicted octanol–water partition coefficient (Wildman–Crippen LogP) is 2.27. The van der Waals surface area contributed by atoms with E-state index in [2.05, 4.69) is 5.16 Å². The zero-order chi connectivity index (χ0) is 9.80. The second kappa shape index (κ2) is 3.96. The molecule has 0 saturated carbocycles. The van der Waals surface area contributed by atoms with Crippen LogP contribution in [0.25, 0.3) is 0 Å². The van der Waals surface area contributed by atoms with Gasteiger partial charge in [-0.25, -0.2) is 0 Å². The number of aromatic nitrogens is 1. The summed E-state index contributed by atoms with van der Waals surface area (Å²) in [5.41, 5.74) is 2.13. The molecule has 0 aliphatic heterocycles. The Morgan fingerprint density at radius 3 is 2.57 bits per heavy atom. The lowest BCUT2D eigenvalue weighted by Crippen LogP contribution is -1.88. The number of hydrogen-bond acceptors (Lipinski definition) is 3. The van der Waals surface area contributed by atoms with Gasteiger partial charge in [-0.1, -0.05) is 17.3 Å². The summed E-state index contributed by atoms with van der Waals surface area (Å²) in [6.45, 7) is 0. The van der Waals surface area contributed by atoms with Gasteiger partial charge in [-0.15, -0.1) is 0 Å². The summed E-state index contributed by atoms with van der Waals surface area (Å²) in [4.78, 5) is 0. The van der Waals surface area contributed by atoms with Crippen molar-refractivity contribution in [2.24, 2.45) is 0 Å². The molecule has 14 heavy (non-hydrogen) atoms. The van der Waals surface area contributed by atoms with E-state index in [1.165, 1.54) is 5.56 Å². The normalized spacial score (nSPS) is 10.1. The molecule has 2 rings (SSSR count). The van der Waals surface area contributed by atoms with Gasteiger partial charge in [0.2, 0.25) is 0 Å². The fourth-order valence-corrected chi connectivity index (χ4v) is 1.28. The van der Waals surface area contributed by atoms with E-state index in [9.17, 15) is 0 Å². The second-order valence-corrected chi connectivity index (χ2v) is 3.02. The summed E-state index contributed by atoms with van der Waals surface area (Å²) in [6.07, 6.45) is 2.37. The van der Waals surface area contributed by atoms with Crippen LogP contribution in [-0.2, 0) is 6.42 Å². The maximum Gasteiger partial charge on any atom is 0.124 e. The van der Waals surface area contributed by atoms with E-state index in [0.717, 1.165) is 17.9 Å². The Morgan fingerprint density at radius 2 is 2.00 bits per heavy atom. The van der Waals surface area contributed by atoms with Crippen LogP contribution in [0.2, 0.25) is 0 Å². The molecule has 2 aromatic rings. The summed E-state index contributed by atoms with van der Waals surface area (Å²) in [6, 6.07) is 9.79. The molecule has 1 aromatic heterocycles. The van der Waals surface area contributed by atoms with E-state index >= 15 is 0 Å². The van der Waals surface area contributed by atoms with Crippen LogP contribution in [0.15, 0.2) is 41.1 Å². The van der Waals surface area contributed by atoms with Crippen molar-refractivity contribution in [2.45, 2.75) is 6.42 Å². The minimum Gasteiger partial charge on any atom is -0.497 e. The first-order valence-corrected chi connectivity index (χ1v) is 4.40. The zero-order valence-electron chi connectivity index (χ0n) is 7.93. The molecule has 0 aliphatic rings. The van der Waals surface area contributed by atoms with Gasteiger partial charge in [-0.05, 0) is 17.7 Å². The van der Waals surface area contributed by atoms with E-state index < -0.39 is 0 Å². The summed E-state index contributed by atoms with van der Waals surface area (Å²) in [7, 11) is 1.66. The maximum atomic E-state index is 5.07. The lowest BCUT2D eigenvalue weighted by molar-refractivity contribution is 0.412. The molecule has 0 atom stereocenters. The van der Waals surface area contributed by atoms with Crippen LogP contribution in [0.4, 0.5) is 0 Å². The van der Waals surface area contributed by atoms with Gasteiger partial charge in [-0.2, -0.15) is 0 Å². The Balaban J connectivity index is 2.10. The van der Waals surface area contributed by atoms with Crippen LogP contribution in [0.3, 0.4) is 0 Å². The number of nitrogens with zero attached hydrogens (tertiary/aromatic N) is 1. The fraction of sp³-hybridized carbons (Fsp3) is 0.182. The molecule has 72 valence electrons. The summed E-state index contributed by atoms with van der Waals surface area (Å²) >= 11 is 0. The number of ether oxygens (including phenoxy) is 1. The van der Waals surface area contributed by atoms with Crippen LogP contribution in [0.1, 0.15) is 11.3 Å². The van der Waals surface area contributed by atoms with Gasteiger partial charge in [0.25, 0.3) is 0 Å². The van der Waals surface area contributed by atoms with Gasteiger partial charge in [0.05, 0.1) is 12.8 Å². The highest BCUT2D eigenvalue weighted by molar-refractivity contribution is 5.29. The molecule has 0 spiro atoms. The van der Waals surface area contributed by atoms with Gasteiger partial charge in [-0.3, -0.25) is 0 Å². The minimum atomic E-state index is 0.792. The first-order valence-electron chi connectivity index (χ1n) is 4.40. The van der Waals surface area contributed by atoms with Gasteiger partial charge in [0, 0.05) is 12.5 Å². The Bertz CT molecular complexity index is 378. The van der Waals surface area contributed by atoms with Gasteiger partial charge < -0.3 is 9.26 Å². The monoisotopic (exact) mass is 189 g/mol. The molecule has 0 aliphatic carbocycles. The number of rotatable bonds is 3. The van der Waals surface area contributed by atoms with Crippen molar-refractivity contribution >= 4 is 0 Å². The fourth-order valence-electron chi connectivity index (χ4n) is 1.28. The summed E-state index contributed by atoms with van der Waals surface area (Å²) in [5.74, 6) is 0.869. The van der Waals surface area contributed by atoms with E-state index in [4.69, 9.17) is 9.26 Å². The molecule has 0 fully saturated rings. The lowest BCUT2D eigenvalue weighted by Gasteiger charge is -2.00. The van der Waals surface area contributed by atoms with Crippen LogP contribution in [0.5, 0.6) is 5.75 Å². The Kier molecular flexibility index (Phi) is 2.49. The highest BCUT2D eigenvalue weighted by atomic mass is 16.5. The third-order valence-corrected chi connectivity index (χ3v) is 2.04. The summed E-state index contributed by atoms with van der Waals surface area (Å²) in [5, 5.41) is 3.85. The average Bonchev–Trinajstić information content (AvgIpc) is 2.72. The molecule has 0 radical (unpaired) electrons. The lowest BCUT2D eigenvalue weighted by atomic mass is 10.1. The van der Waals surface area contributed by atoms with Crippen molar-refractivity contribution in [3.05, 3.63) is 47.9 Å². The Hall–Kier alpha value is -1.77. The molecule has 0 N–H and O–H groups in total. The quantitative estimate of drug-likeness (QED) is 0.743. The van der Waals surface area contributed by atoms with Crippen molar-refractivity contribution in [3.8, 4) is 5.75 Å². The van der Waals surface area contributed by atoms with E-state index in [1.807, 2.05) is 30.3 Å². The Labute approximate surface area is 82.3 Å². The second-order valence-electron chi connectivity index (χ2n) is 3.02. The molecular weight excluding hydrogens is 178 g/mol. The molecule has 1 heterocycles. The molecule has 3 nitrogen and oxygen atoms in total. The average molecular weight is 189 g/mol. The molecule has 0 bridgehead atoms. The van der Waals surface area contributed by atoms with E-state index in [1.54, 1.807) is 13.4 Å². The maximum absolute atomic E-state index is 5.07. The van der Waals surface area contributed by atoms with Crippen molar-refractivity contribution in [1.29, 1.82) is 0 Å². The molecule has 0 unspecified atom stereocenters. The van der Waals surface area contributed by atoms with Crippen molar-refractivity contribution in [1.82, 2.24) is 5.16 Å². The first kappa shape index (κ1) is 8.81.